The minimum absolute atomic E-state index is 0.0486. The van der Waals surface area contributed by atoms with Crippen LogP contribution in [0.3, 0.4) is 0 Å². The molecule has 9 atom stereocenters. The van der Waals surface area contributed by atoms with Crippen LogP contribution in [0.5, 0.6) is 0 Å². The molecule has 5 aliphatic rings. The number of nitrogens with zero attached hydrogens (tertiary/aromatic N) is 1. The Hall–Kier alpha value is -2.90. The number of ether oxygens (including phenoxy) is 1. The van der Waals surface area contributed by atoms with Gasteiger partial charge in [-0.2, -0.15) is 0 Å². The number of carbonyl (C=O) groups is 3. The van der Waals surface area contributed by atoms with Crippen molar-refractivity contribution >= 4 is 23.5 Å². The number of allylic oxidation sites excluding steroid dienone is 2. The monoisotopic (exact) mass is 667 g/mol. The van der Waals surface area contributed by atoms with Crippen molar-refractivity contribution in [2.24, 2.45) is 45.6 Å². The largest absolute Gasteiger partial charge is 0.481 e. The molecule has 4 aliphatic carbocycles. The smallest absolute Gasteiger partial charge is 0.305 e. The molecule has 0 unspecified atom stereocenters. The third-order valence-corrected chi connectivity index (χ3v) is 13.0. The number of oxime groups is 1. The summed E-state index contributed by atoms with van der Waals surface area (Å²) in [6.07, 6.45) is 16.6. The molecule has 1 aliphatic heterocycles. The maximum atomic E-state index is 13.4. The number of hydrogen-bond acceptors (Lipinski definition) is 7. The van der Waals surface area contributed by atoms with Crippen LogP contribution in [0, 0.1) is 52.8 Å². The predicted molar refractivity (Wildman–Crippen MR) is 183 cm³/mol. The van der Waals surface area contributed by atoms with Crippen LogP contribution in [-0.2, 0) is 24.0 Å². The standard InChI is InChI=1S/C38H57N3O7/c1-8-38(46)17-13-29-27-10-9-25-19-26(11-15-36(25,6)28(27)12-16-37(29,38)7)41-48-22-31(42)40-33(23(2)3)34(45)39-30(20-32(43)44)24-14-18-47-35(4,5)21-24/h1,19,23-24,27-30,33,46H,9-18,20-22H2,2-7H3,(H,39,45)(H,40,42)(H,43,44)/b41-26-/t24-,27-,28+,29+,30+,33-,36+,37+,38-/m1/s1. The number of carboxylic acids is 1. The summed E-state index contributed by atoms with van der Waals surface area (Å²) in [5, 5.41) is 30.9. The van der Waals surface area contributed by atoms with Crippen LogP contribution in [0.4, 0.5) is 0 Å². The summed E-state index contributed by atoms with van der Waals surface area (Å²) < 4.78 is 5.80. The van der Waals surface area contributed by atoms with Crippen LogP contribution in [0.15, 0.2) is 16.8 Å². The van der Waals surface area contributed by atoms with Crippen LogP contribution in [-0.4, -0.2) is 70.2 Å². The van der Waals surface area contributed by atoms with Crippen LogP contribution in [0.1, 0.15) is 112 Å². The lowest BCUT2D eigenvalue weighted by molar-refractivity contribution is -0.140. The third-order valence-electron chi connectivity index (χ3n) is 13.0. The number of amides is 2. The SMILES string of the molecule is C#C[C@@]1(O)CC[C@H]2[C@@H]3CCC4=C/C(=N\OCC(=O)N[C@@H](C(=O)N[C@@H](CC(=O)O)[C@@H]5CCOC(C)(C)C5)C(C)C)CC[C@]4(C)[C@H]3CC[C@@]21C. The van der Waals surface area contributed by atoms with E-state index in [4.69, 9.17) is 16.0 Å². The zero-order valence-corrected chi connectivity index (χ0v) is 29.8. The highest BCUT2D eigenvalue weighted by Gasteiger charge is 2.63. The average molecular weight is 668 g/mol. The molecule has 10 heteroatoms. The fourth-order valence-electron chi connectivity index (χ4n) is 10.2. The maximum Gasteiger partial charge on any atom is 0.305 e. The van der Waals surface area contributed by atoms with E-state index in [9.17, 15) is 24.6 Å². The van der Waals surface area contributed by atoms with Crippen molar-refractivity contribution in [1.29, 1.82) is 0 Å². The van der Waals surface area contributed by atoms with Gasteiger partial charge in [0.1, 0.15) is 11.6 Å². The number of carbonyl (C=O) groups excluding carboxylic acids is 2. The molecule has 0 aromatic rings. The van der Waals surface area contributed by atoms with Gasteiger partial charge >= 0.3 is 5.97 Å². The van der Waals surface area contributed by atoms with Gasteiger partial charge in [-0.3, -0.25) is 14.4 Å². The summed E-state index contributed by atoms with van der Waals surface area (Å²) >= 11 is 0. The normalized spacial score (nSPS) is 37.6. The first kappa shape index (κ1) is 36.4. The quantitative estimate of drug-likeness (QED) is 0.190. The highest BCUT2D eigenvalue weighted by Crippen LogP contribution is 2.67. The number of carboxylic acid groups (broad SMARTS) is 1. The van der Waals surface area contributed by atoms with Crippen LogP contribution < -0.4 is 10.6 Å². The minimum Gasteiger partial charge on any atom is -0.481 e. The Labute approximate surface area is 286 Å². The Morgan fingerprint density at radius 3 is 2.46 bits per heavy atom. The number of terminal acetylenes is 1. The number of nitrogens with one attached hydrogen (secondary N) is 2. The Morgan fingerprint density at radius 1 is 1.06 bits per heavy atom. The van der Waals surface area contributed by atoms with Crippen molar-refractivity contribution < 1.29 is 34.2 Å². The van der Waals surface area contributed by atoms with Crippen LogP contribution >= 0.6 is 0 Å². The van der Waals surface area contributed by atoms with Crippen molar-refractivity contribution in [3.63, 3.8) is 0 Å². The molecule has 0 bridgehead atoms. The van der Waals surface area contributed by atoms with Crippen LogP contribution in [0.2, 0.25) is 0 Å². The molecule has 10 nitrogen and oxygen atoms in total. The maximum absolute atomic E-state index is 13.4. The van der Waals surface area contributed by atoms with E-state index in [1.54, 1.807) is 0 Å². The summed E-state index contributed by atoms with van der Waals surface area (Å²) in [6, 6.07) is -1.42. The fourth-order valence-corrected chi connectivity index (χ4v) is 10.2. The molecule has 0 aromatic carbocycles. The van der Waals surface area contributed by atoms with E-state index in [0.717, 1.165) is 50.7 Å². The van der Waals surface area contributed by atoms with Gasteiger partial charge in [0.05, 0.1) is 17.7 Å². The Bertz CT molecular complexity index is 1370. The zero-order chi connectivity index (χ0) is 35.1. The summed E-state index contributed by atoms with van der Waals surface area (Å²) in [6.45, 7) is 12.4. The van der Waals surface area contributed by atoms with E-state index in [-0.39, 0.29) is 35.7 Å². The van der Waals surface area contributed by atoms with Crippen molar-refractivity contribution in [3.05, 3.63) is 11.6 Å². The Kier molecular flexibility index (Phi) is 10.4. The van der Waals surface area contributed by atoms with Crippen molar-refractivity contribution in [1.82, 2.24) is 10.6 Å². The lowest BCUT2D eigenvalue weighted by atomic mass is 9.46. The average Bonchev–Trinajstić information content (AvgIpc) is 3.29. The van der Waals surface area contributed by atoms with E-state index in [1.165, 1.54) is 5.57 Å². The molecular weight excluding hydrogens is 610 g/mol. The molecule has 3 saturated carbocycles. The van der Waals surface area contributed by atoms with Crippen molar-refractivity contribution in [2.75, 3.05) is 13.2 Å². The highest BCUT2D eigenvalue weighted by atomic mass is 16.6. The first-order chi connectivity index (χ1) is 22.5. The predicted octanol–water partition coefficient (Wildman–Crippen LogP) is 4.99. The Morgan fingerprint density at radius 2 is 1.79 bits per heavy atom. The molecule has 0 spiro atoms. The number of fused-ring (bicyclic) bond motifs is 5. The van der Waals surface area contributed by atoms with Gasteiger partial charge in [-0.25, -0.2) is 0 Å². The summed E-state index contributed by atoms with van der Waals surface area (Å²) in [5.74, 6) is 2.19. The van der Waals surface area contributed by atoms with Gasteiger partial charge in [-0.05, 0) is 119 Å². The summed E-state index contributed by atoms with van der Waals surface area (Å²) in [5.41, 5.74) is 0.689. The second-order valence-electron chi connectivity index (χ2n) is 16.7. The Balaban J connectivity index is 1.17. The molecule has 4 N–H and O–H groups in total. The van der Waals surface area contributed by atoms with Gasteiger partial charge in [0.15, 0.2) is 6.61 Å². The molecule has 2 amide bonds. The van der Waals surface area contributed by atoms with E-state index in [0.29, 0.717) is 43.6 Å². The van der Waals surface area contributed by atoms with Crippen LogP contribution in [0.25, 0.3) is 0 Å². The molecule has 4 fully saturated rings. The molecule has 1 saturated heterocycles. The number of rotatable bonds is 10. The van der Waals surface area contributed by atoms with E-state index in [1.807, 2.05) is 27.7 Å². The second-order valence-corrected chi connectivity index (χ2v) is 16.7. The molecule has 0 radical (unpaired) electrons. The number of aliphatic hydroxyl groups is 1. The minimum atomic E-state index is -1.00. The van der Waals surface area contributed by atoms with Gasteiger partial charge in [0.2, 0.25) is 5.91 Å². The van der Waals surface area contributed by atoms with E-state index < -0.39 is 41.1 Å². The highest BCUT2D eigenvalue weighted by molar-refractivity contribution is 5.96. The molecule has 1 heterocycles. The third kappa shape index (κ3) is 7.05. The molecular formula is C38H57N3O7. The van der Waals surface area contributed by atoms with Gasteiger partial charge in [-0.15, -0.1) is 6.42 Å². The van der Waals surface area contributed by atoms with E-state index >= 15 is 0 Å². The molecule has 266 valence electrons. The molecule has 48 heavy (non-hydrogen) atoms. The lowest BCUT2D eigenvalue weighted by Crippen LogP contribution is -2.55. The second kappa shape index (κ2) is 13.8. The van der Waals surface area contributed by atoms with Gasteiger partial charge in [-0.1, -0.05) is 44.3 Å². The molecule has 0 aromatic heterocycles. The van der Waals surface area contributed by atoms with Crippen molar-refractivity contribution in [2.45, 2.75) is 135 Å². The topological polar surface area (TPSA) is 147 Å². The molecule has 5 rings (SSSR count). The van der Waals surface area contributed by atoms with Gasteiger partial charge < -0.3 is 30.4 Å². The summed E-state index contributed by atoms with van der Waals surface area (Å²) in [7, 11) is 0. The number of aliphatic carboxylic acids is 1. The lowest BCUT2D eigenvalue weighted by Gasteiger charge is -2.58. The van der Waals surface area contributed by atoms with Gasteiger partial charge in [0.25, 0.3) is 5.91 Å². The summed E-state index contributed by atoms with van der Waals surface area (Å²) in [4.78, 5) is 43.5. The number of hydrogen-bond donors (Lipinski definition) is 4. The van der Waals surface area contributed by atoms with Crippen molar-refractivity contribution in [3.8, 4) is 12.3 Å². The first-order valence-electron chi connectivity index (χ1n) is 18.1. The van der Waals surface area contributed by atoms with E-state index in [2.05, 4.69) is 41.6 Å². The fraction of sp³-hybridized carbons (Fsp3) is 0.789. The van der Waals surface area contributed by atoms with Gasteiger partial charge in [0, 0.05) is 18.1 Å². The first-order valence-corrected chi connectivity index (χ1v) is 18.1. The zero-order valence-electron chi connectivity index (χ0n) is 29.8.